The van der Waals surface area contributed by atoms with Gasteiger partial charge in [-0.3, -0.25) is 9.89 Å². The molecule has 0 spiro atoms. The highest BCUT2D eigenvalue weighted by Crippen LogP contribution is 2.28. The van der Waals surface area contributed by atoms with Gasteiger partial charge in [-0.2, -0.15) is 5.10 Å². The number of H-pyrrole nitrogens is 1. The monoisotopic (exact) mass is 327 g/mol. The molecule has 0 radical (unpaired) electrons. The third-order valence-electron chi connectivity index (χ3n) is 4.86. The average Bonchev–Trinajstić information content (AvgIpc) is 3.17. The molecule has 126 valence electrons. The highest BCUT2D eigenvalue weighted by molar-refractivity contribution is 5.90. The number of nitrogens with zero attached hydrogens (tertiary/aromatic N) is 5. The third kappa shape index (κ3) is 2.95. The molecule has 4 rings (SSSR count). The highest BCUT2D eigenvalue weighted by Gasteiger charge is 2.25. The maximum Gasteiger partial charge on any atom is 0.288 e. The van der Waals surface area contributed by atoms with Gasteiger partial charge in [0, 0.05) is 30.4 Å². The van der Waals surface area contributed by atoms with E-state index in [4.69, 9.17) is 0 Å². The Hall–Kier alpha value is -2.51. The van der Waals surface area contributed by atoms with E-state index in [0.29, 0.717) is 0 Å². The molecule has 1 amide bonds. The van der Waals surface area contributed by atoms with Crippen LogP contribution < -0.4 is 10.2 Å². The lowest BCUT2D eigenvalue weighted by Gasteiger charge is -2.34. The van der Waals surface area contributed by atoms with Crippen molar-refractivity contribution in [2.24, 2.45) is 0 Å². The molecule has 0 saturated carbocycles. The van der Waals surface area contributed by atoms with Crippen molar-refractivity contribution >= 4 is 11.7 Å². The molecule has 0 aromatic carbocycles. The number of rotatable bonds is 3. The van der Waals surface area contributed by atoms with Crippen LogP contribution in [0.5, 0.6) is 0 Å². The summed E-state index contributed by atoms with van der Waals surface area (Å²) in [5.74, 6) is 1.17. The molecule has 2 aromatic heterocycles. The maximum atomic E-state index is 12.0. The molecule has 0 bridgehead atoms. The minimum atomic E-state index is -0.189. The molecular formula is C16H21N7O. The van der Waals surface area contributed by atoms with Crippen LogP contribution in [-0.4, -0.2) is 50.2 Å². The van der Waals surface area contributed by atoms with E-state index >= 15 is 0 Å². The molecule has 3 heterocycles. The van der Waals surface area contributed by atoms with Crippen LogP contribution in [0.4, 0.5) is 5.82 Å². The quantitative estimate of drug-likeness (QED) is 0.868. The van der Waals surface area contributed by atoms with E-state index < -0.39 is 0 Å². The molecular weight excluding hydrogens is 306 g/mol. The Bertz CT molecular complexity index is 707. The number of aromatic nitrogens is 5. The second-order valence-corrected chi connectivity index (χ2v) is 6.40. The van der Waals surface area contributed by atoms with Crippen LogP contribution in [0.25, 0.3) is 0 Å². The topological polar surface area (TPSA) is 99.7 Å². The maximum absolute atomic E-state index is 12.0. The zero-order valence-corrected chi connectivity index (χ0v) is 13.5. The first-order chi connectivity index (χ1) is 11.8. The molecule has 1 aliphatic heterocycles. The summed E-state index contributed by atoms with van der Waals surface area (Å²) in [5, 5.41) is 9.33. The molecule has 2 aromatic rings. The standard InChI is InChI=1S/C16H21N7O/c24-16(14-18-10-20-22-14)21-11-5-7-23(8-6-11)15-12-3-1-2-4-13(12)17-9-19-15/h9-11H,1-8H2,(H,21,24)(H,18,20,22). The number of hydrogen-bond acceptors (Lipinski definition) is 6. The first-order valence-corrected chi connectivity index (χ1v) is 8.55. The van der Waals surface area contributed by atoms with Gasteiger partial charge in [-0.25, -0.2) is 15.0 Å². The number of aromatic amines is 1. The number of fused-ring (bicyclic) bond motifs is 1. The van der Waals surface area contributed by atoms with Crippen LogP contribution in [0.3, 0.4) is 0 Å². The molecule has 24 heavy (non-hydrogen) atoms. The summed E-state index contributed by atoms with van der Waals surface area (Å²) in [6.07, 6.45) is 9.42. The summed E-state index contributed by atoms with van der Waals surface area (Å²) < 4.78 is 0. The molecule has 2 N–H and O–H groups in total. The van der Waals surface area contributed by atoms with Crippen molar-refractivity contribution in [2.45, 2.75) is 44.6 Å². The van der Waals surface area contributed by atoms with Crippen LogP contribution >= 0.6 is 0 Å². The SMILES string of the molecule is O=C(NC1CCN(c2ncnc3c2CCCC3)CC1)c1ncn[nH]1. The molecule has 8 heteroatoms. The van der Waals surface area contributed by atoms with E-state index in [1.807, 2.05) is 0 Å². The number of carbonyl (C=O) groups is 1. The summed E-state index contributed by atoms with van der Waals surface area (Å²) in [4.78, 5) is 27.3. The van der Waals surface area contributed by atoms with E-state index in [2.05, 4.69) is 35.4 Å². The van der Waals surface area contributed by atoms with Gasteiger partial charge in [-0.15, -0.1) is 0 Å². The fourth-order valence-corrected chi connectivity index (χ4v) is 3.58. The summed E-state index contributed by atoms with van der Waals surface area (Å²) in [7, 11) is 0. The van der Waals surface area contributed by atoms with Crippen molar-refractivity contribution in [3.63, 3.8) is 0 Å². The van der Waals surface area contributed by atoms with Gasteiger partial charge in [0.05, 0.1) is 0 Å². The number of nitrogens with one attached hydrogen (secondary N) is 2. The summed E-state index contributed by atoms with van der Waals surface area (Å²) >= 11 is 0. The number of aryl methyl sites for hydroxylation is 1. The first kappa shape index (κ1) is 15.0. The normalized spacial score (nSPS) is 18.2. The zero-order chi connectivity index (χ0) is 16.4. The van der Waals surface area contributed by atoms with Gasteiger partial charge in [-0.05, 0) is 38.5 Å². The van der Waals surface area contributed by atoms with E-state index in [0.717, 1.165) is 44.6 Å². The van der Waals surface area contributed by atoms with Crippen molar-refractivity contribution < 1.29 is 4.79 Å². The summed E-state index contributed by atoms with van der Waals surface area (Å²) in [5.41, 5.74) is 2.54. The van der Waals surface area contributed by atoms with E-state index in [1.165, 1.54) is 30.4 Å². The Balaban J connectivity index is 1.39. The summed E-state index contributed by atoms with van der Waals surface area (Å²) in [6.45, 7) is 1.79. The van der Waals surface area contributed by atoms with E-state index in [1.54, 1.807) is 6.33 Å². The van der Waals surface area contributed by atoms with Crippen LogP contribution in [0.15, 0.2) is 12.7 Å². The molecule has 8 nitrogen and oxygen atoms in total. The minimum absolute atomic E-state index is 0.163. The Morgan fingerprint density at radius 2 is 1.96 bits per heavy atom. The van der Waals surface area contributed by atoms with Gasteiger partial charge < -0.3 is 10.2 Å². The largest absolute Gasteiger partial charge is 0.356 e. The second kappa shape index (κ2) is 6.54. The number of anilines is 1. The fourth-order valence-electron chi connectivity index (χ4n) is 3.58. The number of carbonyl (C=O) groups excluding carboxylic acids is 1. The second-order valence-electron chi connectivity index (χ2n) is 6.40. The van der Waals surface area contributed by atoms with Gasteiger partial charge in [0.15, 0.2) is 0 Å². The zero-order valence-electron chi connectivity index (χ0n) is 13.5. The van der Waals surface area contributed by atoms with Gasteiger partial charge in [0.2, 0.25) is 5.82 Å². The van der Waals surface area contributed by atoms with Crippen LogP contribution in [0, 0.1) is 0 Å². The van der Waals surface area contributed by atoms with Crippen LogP contribution in [-0.2, 0) is 12.8 Å². The Kier molecular flexibility index (Phi) is 4.10. The van der Waals surface area contributed by atoms with Crippen molar-refractivity contribution in [1.82, 2.24) is 30.5 Å². The van der Waals surface area contributed by atoms with Crippen LogP contribution in [0.1, 0.15) is 47.6 Å². The Labute approximate surface area is 140 Å². The predicted octanol–water partition coefficient (Wildman–Crippen LogP) is 0.872. The lowest BCUT2D eigenvalue weighted by atomic mass is 9.95. The lowest BCUT2D eigenvalue weighted by molar-refractivity contribution is 0.0921. The minimum Gasteiger partial charge on any atom is -0.356 e. The van der Waals surface area contributed by atoms with E-state index in [-0.39, 0.29) is 17.8 Å². The summed E-state index contributed by atoms with van der Waals surface area (Å²) in [6, 6.07) is 0.163. The third-order valence-corrected chi connectivity index (χ3v) is 4.86. The highest BCUT2D eigenvalue weighted by atomic mass is 16.2. The molecule has 2 aliphatic rings. The molecule has 0 atom stereocenters. The molecule has 1 saturated heterocycles. The number of hydrogen-bond donors (Lipinski definition) is 2. The Morgan fingerprint density at radius 1 is 1.12 bits per heavy atom. The van der Waals surface area contributed by atoms with Gasteiger partial charge in [0.1, 0.15) is 18.5 Å². The Morgan fingerprint density at radius 3 is 2.75 bits per heavy atom. The van der Waals surface area contributed by atoms with Gasteiger partial charge >= 0.3 is 0 Å². The average molecular weight is 327 g/mol. The predicted molar refractivity (Wildman–Crippen MR) is 87.8 cm³/mol. The van der Waals surface area contributed by atoms with Crippen LogP contribution in [0.2, 0.25) is 0 Å². The van der Waals surface area contributed by atoms with Crippen molar-refractivity contribution in [2.75, 3.05) is 18.0 Å². The van der Waals surface area contributed by atoms with Crippen molar-refractivity contribution in [1.29, 1.82) is 0 Å². The van der Waals surface area contributed by atoms with Crippen molar-refractivity contribution in [3.05, 3.63) is 29.7 Å². The molecule has 1 fully saturated rings. The van der Waals surface area contributed by atoms with Gasteiger partial charge in [0.25, 0.3) is 5.91 Å². The van der Waals surface area contributed by atoms with E-state index in [9.17, 15) is 4.79 Å². The number of piperidine rings is 1. The smallest absolute Gasteiger partial charge is 0.288 e. The number of amides is 1. The van der Waals surface area contributed by atoms with Crippen molar-refractivity contribution in [3.8, 4) is 0 Å². The molecule has 1 aliphatic carbocycles. The molecule has 0 unspecified atom stereocenters. The lowest BCUT2D eigenvalue weighted by Crippen LogP contribution is -2.45. The first-order valence-electron chi connectivity index (χ1n) is 8.55. The fraction of sp³-hybridized carbons (Fsp3) is 0.562. The van der Waals surface area contributed by atoms with Gasteiger partial charge in [-0.1, -0.05) is 0 Å².